The standard InChI is InChI=1S/C17H19NO3/c1-11(19)12-7-8-18-15(9-12)20-14-6-4-5-13-10-17(2,3)21-16(13)14/h4-9,11,19H,10H2,1-3H3/t11-/m1/s1. The first-order chi connectivity index (χ1) is 9.94. The van der Waals surface area contributed by atoms with E-state index in [0.29, 0.717) is 11.6 Å². The van der Waals surface area contributed by atoms with Crippen molar-refractivity contribution < 1.29 is 14.6 Å². The summed E-state index contributed by atoms with van der Waals surface area (Å²) in [7, 11) is 0. The van der Waals surface area contributed by atoms with Gasteiger partial charge in [-0.3, -0.25) is 0 Å². The smallest absolute Gasteiger partial charge is 0.219 e. The van der Waals surface area contributed by atoms with Crippen molar-refractivity contribution in [1.82, 2.24) is 4.98 Å². The zero-order chi connectivity index (χ0) is 15.0. The quantitative estimate of drug-likeness (QED) is 0.935. The molecule has 1 aliphatic heterocycles. The highest BCUT2D eigenvalue weighted by molar-refractivity contribution is 5.51. The summed E-state index contributed by atoms with van der Waals surface area (Å²) in [5.74, 6) is 1.90. The van der Waals surface area contributed by atoms with E-state index >= 15 is 0 Å². The molecule has 1 N–H and O–H groups in total. The predicted molar refractivity (Wildman–Crippen MR) is 79.8 cm³/mol. The van der Waals surface area contributed by atoms with E-state index in [1.807, 2.05) is 12.1 Å². The van der Waals surface area contributed by atoms with Crippen LogP contribution in [0.1, 0.15) is 38.0 Å². The molecule has 0 saturated carbocycles. The van der Waals surface area contributed by atoms with Crippen molar-refractivity contribution >= 4 is 0 Å². The lowest BCUT2D eigenvalue weighted by Gasteiger charge is -2.18. The van der Waals surface area contributed by atoms with Gasteiger partial charge in [0.25, 0.3) is 0 Å². The van der Waals surface area contributed by atoms with Crippen LogP contribution in [0.4, 0.5) is 0 Å². The Hall–Kier alpha value is -2.07. The summed E-state index contributed by atoms with van der Waals surface area (Å²) in [4.78, 5) is 4.19. The summed E-state index contributed by atoms with van der Waals surface area (Å²) in [5.41, 5.74) is 1.70. The molecule has 4 heteroatoms. The van der Waals surface area contributed by atoms with Gasteiger partial charge in [0.15, 0.2) is 11.5 Å². The molecule has 1 aromatic heterocycles. The van der Waals surface area contributed by atoms with Crippen molar-refractivity contribution in [3.05, 3.63) is 47.7 Å². The number of para-hydroxylation sites is 1. The molecule has 0 fully saturated rings. The number of rotatable bonds is 3. The number of aromatic nitrogens is 1. The van der Waals surface area contributed by atoms with Crippen molar-refractivity contribution in [2.24, 2.45) is 0 Å². The average Bonchev–Trinajstić information content (AvgIpc) is 2.74. The number of aliphatic hydroxyl groups is 1. The van der Waals surface area contributed by atoms with Crippen molar-refractivity contribution in [2.75, 3.05) is 0 Å². The lowest BCUT2D eigenvalue weighted by molar-refractivity contribution is 0.135. The second kappa shape index (κ2) is 5.04. The minimum absolute atomic E-state index is 0.212. The van der Waals surface area contributed by atoms with Crippen molar-refractivity contribution in [3.63, 3.8) is 0 Å². The molecule has 0 unspecified atom stereocenters. The number of ether oxygens (including phenoxy) is 2. The van der Waals surface area contributed by atoms with Gasteiger partial charge in [0.1, 0.15) is 5.60 Å². The van der Waals surface area contributed by atoms with Crippen LogP contribution >= 0.6 is 0 Å². The minimum Gasteiger partial charge on any atom is -0.483 e. The maximum Gasteiger partial charge on any atom is 0.219 e. The zero-order valence-electron chi connectivity index (χ0n) is 12.5. The normalized spacial score (nSPS) is 17.0. The number of hydrogen-bond donors (Lipinski definition) is 1. The lowest BCUT2D eigenvalue weighted by Crippen LogP contribution is -2.24. The van der Waals surface area contributed by atoms with Crippen molar-refractivity contribution in [3.8, 4) is 17.4 Å². The molecule has 0 amide bonds. The van der Waals surface area contributed by atoms with Crippen LogP contribution in [0.5, 0.6) is 17.4 Å². The molecule has 3 rings (SSSR count). The second-order valence-corrected chi connectivity index (χ2v) is 5.99. The van der Waals surface area contributed by atoms with Crippen molar-refractivity contribution in [1.29, 1.82) is 0 Å². The van der Waals surface area contributed by atoms with Crippen LogP contribution in [-0.4, -0.2) is 15.7 Å². The number of benzene rings is 1. The molecule has 21 heavy (non-hydrogen) atoms. The first-order valence-corrected chi connectivity index (χ1v) is 7.07. The van der Waals surface area contributed by atoms with Crippen LogP contribution < -0.4 is 9.47 Å². The third-order valence-corrected chi connectivity index (χ3v) is 3.51. The van der Waals surface area contributed by atoms with Gasteiger partial charge < -0.3 is 14.6 Å². The Kier molecular flexibility index (Phi) is 3.33. The van der Waals surface area contributed by atoms with Crippen LogP contribution in [-0.2, 0) is 6.42 Å². The molecular weight excluding hydrogens is 266 g/mol. The highest BCUT2D eigenvalue weighted by atomic mass is 16.5. The van der Waals surface area contributed by atoms with Crippen LogP contribution in [0, 0.1) is 0 Å². The average molecular weight is 285 g/mol. The van der Waals surface area contributed by atoms with Crippen LogP contribution in [0.15, 0.2) is 36.5 Å². The summed E-state index contributed by atoms with van der Waals surface area (Å²) >= 11 is 0. The number of nitrogens with zero attached hydrogens (tertiary/aromatic N) is 1. The fraction of sp³-hybridized carbons (Fsp3) is 0.353. The van der Waals surface area contributed by atoms with Gasteiger partial charge in [-0.05, 0) is 38.5 Å². The Bertz CT molecular complexity index is 665. The molecule has 0 saturated heterocycles. The van der Waals surface area contributed by atoms with E-state index in [0.717, 1.165) is 23.3 Å². The van der Waals surface area contributed by atoms with Gasteiger partial charge in [-0.1, -0.05) is 12.1 Å². The number of fused-ring (bicyclic) bond motifs is 1. The predicted octanol–water partition coefficient (Wildman–Crippen LogP) is 3.64. The summed E-state index contributed by atoms with van der Waals surface area (Å²) < 4.78 is 11.8. The van der Waals surface area contributed by atoms with E-state index in [9.17, 15) is 5.11 Å². The van der Waals surface area contributed by atoms with Crippen LogP contribution in [0.2, 0.25) is 0 Å². The van der Waals surface area contributed by atoms with E-state index < -0.39 is 6.10 Å². The first-order valence-electron chi connectivity index (χ1n) is 7.07. The first kappa shape index (κ1) is 13.9. The maximum absolute atomic E-state index is 9.63. The van der Waals surface area contributed by atoms with Crippen LogP contribution in [0.3, 0.4) is 0 Å². The summed E-state index contributed by atoms with van der Waals surface area (Å²) in [6.45, 7) is 5.83. The van der Waals surface area contributed by atoms with Crippen molar-refractivity contribution in [2.45, 2.75) is 38.9 Å². The van der Waals surface area contributed by atoms with E-state index in [1.165, 1.54) is 0 Å². The van der Waals surface area contributed by atoms with E-state index in [-0.39, 0.29) is 5.60 Å². The zero-order valence-corrected chi connectivity index (χ0v) is 12.5. The summed E-state index contributed by atoms with van der Waals surface area (Å²) in [6, 6.07) is 9.39. The van der Waals surface area contributed by atoms with Gasteiger partial charge in [-0.15, -0.1) is 0 Å². The van der Waals surface area contributed by atoms with Gasteiger partial charge in [0, 0.05) is 24.2 Å². The van der Waals surface area contributed by atoms with E-state index in [4.69, 9.17) is 9.47 Å². The molecule has 0 bridgehead atoms. The van der Waals surface area contributed by atoms with Gasteiger partial charge in [-0.2, -0.15) is 0 Å². The highest BCUT2D eigenvalue weighted by Gasteiger charge is 2.32. The number of pyridine rings is 1. The Morgan fingerprint density at radius 2 is 2.14 bits per heavy atom. The molecular formula is C17H19NO3. The molecule has 2 heterocycles. The van der Waals surface area contributed by atoms with Gasteiger partial charge in [0.2, 0.25) is 5.88 Å². The van der Waals surface area contributed by atoms with Gasteiger partial charge in [-0.25, -0.2) is 4.98 Å². The summed E-state index contributed by atoms with van der Waals surface area (Å²) in [6.07, 6.45) is 1.94. The van der Waals surface area contributed by atoms with Gasteiger partial charge >= 0.3 is 0 Å². The SMILES string of the molecule is C[C@@H](O)c1ccnc(Oc2cccc3c2OC(C)(C)C3)c1. The Morgan fingerprint density at radius 1 is 1.33 bits per heavy atom. The molecule has 1 aliphatic rings. The molecule has 110 valence electrons. The van der Waals surface area contributed by atoms with Crippen LogP contribution in [0.25, 0.3) is 0 Å². The fourth-order valence-electron chi connectivity index (χ4n) is 2.52. The highest BCUT2D eigenvalue weighted by Crippen LogP contribution is 2.43. The third kappa shape index (κ3) is 2.85. The molecule has 0 aliphatic carbocycles. The third-order valence-electron chi connectivity index (χ3n) is 3.51. The molecule has 1 aromatic carbocycles. The Morgan fingerprint density at radius 3 is 2.90 bits per heavy atom. The van der Waals surface area contributed by atoms with E-state index in [2.05, 4.69) is 24.9 Å². The molecule has 2 aromatic rings. The number of hydrogen-bond acceptors (Lipinski definition) is 4. The topological polar surface area (TPSA) is 51.6 Å². The monoisotopic (exact) mass is 285 g/mol. The largest absolute Gasteiger partial charge is 0.483 e. The van der Waals surface area contributed by atoms with Gasteiger partial charge in [0.05, 0.1) is 6.10 Å². The molecule has 4 nitrogen and oxygen atoms in total. The fourth-order valence-corrected chi connectivity index (χ4v) is 2.52. The number of aliphatic hydroxyl groups excluding tert-OH is 1. The Balaban J connectivity index is 1.90. The lowest BCUT2D eigenvalue weighted by atomic mass is 10.0. The Labute approximate surface area is 124 Å². The maximum atomic E-state index is 9.63. The minimum atomic E-state index is -0.549. The molecule has 1 atom stereocenters. The second-order valence-electron chi connectivity index (χ2n) is 5.99. The van der Waals surface area contributed by atoms with E-state index in [1.54, 1.807) is 25.3 Å². The molecule has 0 radical (unpaired) electrons. The summed E-state index contributed by atoms with van der Waals surface area (Å²) in [5, 5.41) is 9.63. The molecule has 0 spiro atoms.